The number of hydrogen-bond donors (Lipinski definition) is 2. The van der Waals surface area contributed by atoms with Crippen molar-refractivity contribution in [3.05, 3.63) is 36.4 Å². The smallest absolute Gasteiger partial charge is 0.186 e. The maximum absolute atomic E-state index is 9.83. The summed E-state index contributed by atoms with van der Waals surface area (Å²) in [5, 5.41) is 19.4. The van der Waals surface area contributed by atoms with Crippen LogP contribution in [0.2, 0.25) is 19.1 Å². The zero-order valence-electron chi connectivity index (χ0n) is 15.0. The third-order valence-electron chi connectivity index (χ3n) is 3.70. The Labute approximate surface area is 146 Å². The lowest BCUT2D eigenvalue weighted by atomic mass is 10.1. The van der Waals surface area contributed by atoms with Gasteiger partial charge >= 0.3 is 0 Å². The predicted octanol–water partition coefficient (Wildman–Crippen LogP) is 3.12. The van der Waals surface area contributed by atoms with Gasteiger partial charge in [0.05, 0.1) is 33.0 Å². The second-order valence-corrected chi connectivity index (χ2v) is 10.7. The molecule has 6 heteroatoms. The summed E-state index contributed by atoms with van der Waals surface area (Å²) >= 11 is 0. The molecule has 0 aliphatic carbocycles. The van der Waals surface area contributed by atoms with E-state index in [9.17, 15) is 10.2 Å². The Balaban J connectivity index is 2.33. The molecule has 1 unspecified atom stereocenters. The van der Waals surface area contributed by atoms with E-state index in [1.807, 2.05) is 12.1 Å². The number of benzene rings is 1. The summed E-state index contributed by atoms with van der Waals surface area (Å²) in [6.45, 7) is 8.89. The van der Waals surface area contributed by atoms with Crippen molar-refractivity contribution >= 4 is 8.32 Å². The van der Waals surface area contributed by atoms with Crippen LogP contribution >= 0.6 is 0 Å². The molecule has 136 valence electrons. The maximum Gasteiger partial charge on any atom is 0.186 e. The van der Waals surface area contributed by atoms with Crippen LogP contribution in [0.1, 0.15) is 12.0 Å². The van der Waals surface area contributed by atoms with Crippen LogP contribution in [0, 0.1) is 0 Å². The van der Waals surface area contributed by atoms with Gasteiger partial charge < -0.3 is 24.1 Å². The SMILES string of the molecule is C=CCOCC(O)CO[Si](C)(C)CCCc1ccc(O)c(OC)c1. The lowest BCUT2D eigenvalue weighted by molar-refractivity contribution is 0.0192. The van der Waals surface area contributed by atoms with Crippen LogP contribution in [-0.4, -0.2) is 51.6 Å². The lowest BCUT2D eigenvalue weighted by Gasteiger charge is -2.24. The van der Waals surface area contributed by atoms with Crippen molar-refractivity contribution in [3.63, 3.8) is 0 Å². The predicted molar refractivity (Wildman–Crippen MR) is 98.2 cm³/mol. The zero-order valence-corrected chi connectivity index (χ0v) is 16.0. The van der Waals surface area contributed by atoms with E-state index < -0.39 is 14.4 Å². The first-order valence-electron chi connectivity index (χ1n) is 8.24. The van der Waals surface area contributed by atoms with Crippen molar-refractivity contribution < 1.29 is 24.1 Å². The molecule has 0 saturated heterocycles. The molecule has 0 bridgehead atoms. The van der Waals surface area contributed by atoms with Gasteiger partial charge in [0.2, 0.25) is 0 Å². The summed E-state index contributed by atoms with van der Waals surface area (Å²) in [4.78, 5) is 0. The van der Waals surface area contributed by atoms with E-state index in [0.29, 0.717) is 19.0 Å². The lowest BCUT2D eigenvalue weighted by Crippen LogP contribution is -2.35. The van der Waals surface area contributed by atoms with Gasteiger partial charge in [0, 0.05) is 0 Å². The van der Waals surface area contributed by atoms with Crippen molar-refractivity contribution in [2.45, 2.75) is 38.1 Å². The molecule has 0 saturated carbocycles. The Morgan fingerprint density at radius 3 is 2.71 bits per heavy atom. The van der Waals surface area contributed by atoms with Gasteiger partial charge in [0.15, 0.2) is 19.8 Å². The Hall–Kier alpha value is -1.34. The minimum absolute atomic E-state index is 0.159. The third kappa shape index (κ3) is 7.96. The number of aliphatic hydroxyl groups excluding tert-OH is 1. The van der Waals surface area contributed by atoms with Crippen molar-refractivity contribution in [2.75, 3.05) is 26.9 Å². The summed E-state index contributed by atoms with van der Waals surface area (Å²) < 4.78 is 16.3. The van der Waals surface area contributed by atoms with Gasteiger partial charge in [-0.05, 0) is 49.7 Å². The fraction of sp³-hybridized carbons (Fsp3) is 0.556. The highest BCUT2D eigenvalue weighted by atomic mass is 28.4. The molecule has 0 aliphatic heterocycles. The molecule has 0 spiro atoms. The average molecular weight is 355 g/mol. The normalized spacial score (nSPS) is 12.8. The van der Waals surface area contributed by atoms with E-state index in [4.69, 9.17) is 13.9 Å². The Bertz CT molecular complexity index is 504. The van der Waals surface area contributed by atoms with Crippen LogP contribution in [0.3, 0.4) is 0 Å². The fourth-order valence-corrected chi connectivity index (χ4v) is 4.14. The molecule has 5 nitrogen and oxygen atoms in total. The standard InChI is InChI=1S/C18H30O5Si/c1-5-10-22-13-16(19)14-23-24(3,4)11-6-7-15-8-9-17(20)18(12-15)21-2/h5,8-9,12,16,19-20H,1,6-7,10-11,13-14H2,2-4H3. The van der Waals surface area contributed by atoms with E-state index in [1.54, 1.807) is 19.3 Å². The summed E-state index contributed by atoms with van der Waals surface area (Å²) in [7, 11) is -0.268. The summed E-state index contributed by atoms with van der Waals surface area (Å²) in [6.07, 6.45) is 2.96. The van der Waals surface area contributed by atoms with Gasteiger partial charge in [-0.2, -0.15) is 0 Å². The minimum atomic E-state index is -1.82. The van der Waals surface area contributed by atoms with Gasteiger partial charge in [-0.15, -0.1) is 6.58 Å². The third-order valence-corrected chi connectivity index (χ3v) is 6.21. The number of aromatic hydroxyl groups is 1. The highest BCUT2D eigenvalue weighted by molar-refractivity contribution is 6.71. The highest BCUT2D eigenvalue weighted by Crippen LogP contribution is 2.27. The van der Waals surface area contributed by atoms with Gasteiger partial charge in [-0.1, -0.05) is 12.1 Å². The summed E-state index contributed by atoms with van der Waals surface area (Å²) in [5.74, 6) is 0.662. The van der Waals surface area contributed by atoms with Crippen LogP contribution in [0.15, 0.2) is 30.9 Å². The van der Waals surface area contributed by atoms with E-state index in [0.717, 1.165) is 24.4 Å². The molecule has 24 heavy (non-hydrogen) atoms. The Morgan fingerprint density at radius 1 is 1.29 bits per heavy atom. The monoisotopic (exact) mass is 354 g/mol. The van der Waals surface area contributed by atoms with E-state index in [-0.39, 0.29) is 12.4 Å². The Kier molecular flexibility index (Phi) is 9.06. The number of aryl methyl sites for hydroxylation is 1. The number of methoxy groups -OCH3 is 1. The summed E-state index contributed by atoms with van der Waals surface area (Å²) in [6, 6.07) is 6.43. The molecule has 2 N–H and O–H groups in total. The number of phenolic OH excluding ortho intramolecular Hbond substituents is 1. The van der Waals surface area contributed by atoms with E-state index in [1.165, 1.54) is 0 Å². The van der Waals surface area contributed by atoms with Crippen LogP contribution < -0.4 is 4.74 Å². The molecular weight excluding hydrogens is 324 g/mol. The second kappa shape index (κ2) is 10.5. The zero-order chi connectivity index (χ0) is 18.0. The number of ether oxygens (including phenoxy) is 2. The van der Waals surface area contributed by atoms with Crippen molar-refractivity contribution in [2.24, 2.45) is 0 Å². The van der Waals surface area contributed by atoms with Gasteiger partial charge in [0.25, 0.3) is 0 Å². The first-order valence-corrected chi connectivity index (χ1v) is 11.4. The topological polar surface area (TPSA) is 68.2 Å². The summed E-state index contributed by atoms with van der Waals surface area (Å²) in [5.41, 5.74) is 1.13. The molecule has 1 aromatic carbocycles. The average Bonchev–Trinajstić information content (AvgIpc) is 2.55. The molecule has 0 fully saturated rings. The molecule has 1 rings (SSSR count). The van der Waals surface area contributed by atoms with Crippen LogP contribution in [0.4, 0.5) is 0 Å². The van der Waals surface area contributed by atoms with Gasteiger partial charge in [-0.3, -0.25) is 0 Å². The largest absolute Gasteiger partial charge is 0.504 e. The molecule has 0 aromatic heterocycles. The number of hydrogen-bond acceptors (Lipinski definition) is 5. The number of aliphatic hydroxyl groups is 1. The number of phenols is 1. The molecule has 1 atom stereocenters. The van der Waals surface area contributed by atoms with Crippen molar-refractivity contribution in [1.82, 2.24) is 0 Å². The van der Waals surface area contributed by atoms with E-state index >= 15 is 0 Å². The van der Waals surface area contributed by atoms with Crippen molar-refractivity contribution in [3.8, 4) is 11.5 Å². The van der Waals surface area contributed by atoms with E-state index in [2.05, 4.69) is 19.7 Å². The first kappa shape index (κ1) is 20.7. The van der Waals surface area contributed by atoms with Crippen LogP contribution in [0.5, 0.6) is 11.5 Å². The Morgan fingerprint density at radius 2 is 2.04 bits per heavy atom. The molecule has 0 aliphatic rings. The first-order chi connectivity index (χ1) is 11.4. The quantitative estimate of drug-likeness (QED) is 0.343. The number of rotatable bonds is 12. The minimum Gasteiger partial charge on any atom is -0.504 e. The van der Waals surface area contributed by atoms with Gasteiger partial charge in [0.1, 0.15) is 0 Å². The molecular formula is C18H30O5Si. The fourth-order valence-electron chi connectivity index (χ4n) is 2.33. The molecule has 0 amide bonds. The van der Waals surface area contributed by atoms with Crippen LogP contribution in [0.25, 0.3) is 0 Å². The van der Waals surface area contributed by atoms with Crippen molar-refractivity contribution in [1.29, 1.82) is 0 Å². The van der Waals surface area contributed by atoms with Gasteiger partial charge in [-0.25, -0.2) is 0 Å². The second-order valence-electron chi connectivity index (χ2n) is 6.41. The molecule has 0 heterocycles. The molecule has 0 radical (unpaired) electrons. The molecule has 1 aromatic rings. The highest BCUT2D eigenvalue weighted by Gasteiger charge is 2.23. The maximum atomic E-state index is 9.83. The van der Waals surface area contributed by atoms with Crippen LogP contribution in [-0.2, 0) is 15.6 Å².